The highest BCUT2D eigenvalue weighted by Crippen LogP contribution is 2.45. The molecule has 1 aliphatic carbocycles. The fourth-order valence-electron chi connectivity index (χ4n) is 4.74. The Balaban J connectivity index is 1.89. The normalized spacial score (nSPS) is 24.5. The van der Waals surface area contributed by atoms with E-state index in [2.05, 4.69) is 0 Å². The molecule has 6 nitrogen and oxygen atoms in total. The van der Waals surface area contributed by atoms with Crippen LogP contribution in [-0.2, 0) is 15.0 Å². The molecular weight excluding hydrogens is 346 g/mol. The summed E-state index contributed by atoms with van der Waals surface area (Å²) >= 11 is 0. The molecule has 2 atom stereocenters. The summed E-state index contributed by atoms with van der Waals surface area (Å²) in [6.45, 7) is 2.94. The standard InChI is InChI=1S/C21H29NO5/c1-14-13-22(11-8-16(14)19(23)24)20(25)21(9-4-5-10-21)15-6-7-17(26-2)18(12-15)27-3/h6-7,12,14,16H,4-5,8-11,13H2,1-3H3,(H,23,24). The second-order valence-electron chi connectivity index (χ2n) is 7.82. The van der Waals surface area contributed by atoms with Gasteiger partial charge in [-0.2, -0.15) is 0 Å². The molecule has 27 heavy (non-hydrogen) atoms. The average Bonchev–Trinajstić information content (AvgIpc) is 3.17. The Morgan fingerprint density at radius 3 is 2.37 bits per heavy atom. The zero-order chi connectivity index (χ0) is 19.6. The molecular formula is C21H29NO5. The monoisotopic (exact) mass is 375 g/mol. The van der Waals surface area contributed by atoms with Crippen LogP contribution in [0.5, 0.6) is 11.5 Å². The SMILES string of the molecule is COc1ccc(C2(C(=O)N3CCC(C(=O)O)C(C)C3)CCCC2)cc1OC. The Kier molecular flexibility index (Phi) is 5.63. The van der Waals surface area contributed by atoms with Gasteiger partial charge >= 0.3 is 5.97 Å². The van der Waals surface area contributed by atoms with E-state index < -0.39 is 11.4 Å². The number of ether oxygens (including phenoxy) is 2. The number of rotatable bonds is 5. The number of piperidine rings is 1. The lowest BCUT2D eigenvalue weighted by Crippen LogP contribution is -2.51. The minimum Gasteiger partial charge on any atom is -0.493 e. The van der Waals surface area contributed by atoms with Crippen LogP contribution in [0, 0.1) is 11.8 Å². The summed E-state index contributed by atoms with van der Waals surface area (Å²) in [6.07, 6.45) is 4.18. The Labute approximate surface area is 160 Å². The third-order valence-electron chi connectivity index (χ3n) is 6.31. The molecule has 0 spiro atoms. The number of hydrogen-bond donors (Lipinski definition) is 1. The van der Waals surface area contributed by atoms with Crippen molar-refractivity contribution in [3.63, 3.8) is 0 Å². The molecule has 1 saturated carbocycles. The smallest absolute Gasteiger partial charge is 0.306 e. The quantitative estimate of drug-likeness (QED) is 0.856. The van der Waals surface area contributed by atoms with Crippen LogP contribution in [-0.4, -0.2) is 49.2 Å². The van der Waals surface area contributed by atoms with Crippen LogP contribution in [0.15, 0.2) is 18.2 Å². The third kappa shape index (κ3) is 3.49. The van der Waals surface area contributed by atoms with Crippen molar-refractivity contribution in [1.29, 1.82) is 0 Å². The number of carboxylic acid groups (broad SMARTS) is 1. The van der Waals surface area contributed by atoms with Crippen LogP contribution >= 0.6 is 0 Å². The molecule has 1 N–H and O–H groups in total. The first-order valence-corrected chi connectivity index (χ1v) is 9.67. The second-order valence-corrected chi connectivity index (χ2v) is 7.82. The maximum atomic E-state index is 13.6. The molecule has 1 amide bonds. The Bertz CT molecular complexity index is 711. The summed E-state index contributed by atoms with van der Waals surface area (Å²) in [5.74, 6) is 0.247. The topological polar surface area (TPSA) is 76.1 Å². The van der Waals surface area contributed by atoms with E-state index in [1.54, 1.807) is 14.2 Å². The summed E-state index contributed by atoms with van der Waals surface area (Å²) in [5.41, 5.74) is 0.422. The van der Waals surface area contributed by atoms with Crippen molar-refractivity contribution in [3.8, 4) is 11.5 Å². The molecule has 1 saturated heterocycles. The molecule has 3 rings (SSSR count). The van der Waals surface area contributed by atoms with Gasteiger partial charge in [0.15, 0.2) is 11.5 Å². The Morgan fingerprint density at radius 2 is 1.81 bits per heavy atom. The van der Waals surface area contributed by atoms with Gasteiger partial charge in [-0.1, -0.05) is 25.8 Å². The maximum Gasteiger partial charge on any atom is 0.306 e. The van der Waals surface area contributed by atoms with Gasteiger partial charge in [-0.25, -0.2) is 0 Å². The molecule has 2 aliphatic rings. The van der Waals surface area contributed by atoms with E-state index in [9.17, 15) is 14.7 Å². The Hall–Kier alpha value is -2.24. The third-order valence-corrected chi connectivity index (χ3v) is 6.31. The zero-order valence-corrected chi connectivity index (χ0v) is 16.4. The molecule has 1 aromatic carbocycles. The lowest BCUT2D eigenvalue weighted by Gasteiger charge is -2.40. The van der Waals surface area contributed by atoms with Crippen molar-refractivity contribution in [2.24, 2.45) is 11.8 Å². The highest BCUT2D eigenvalue weighted by molar-refractivity contribution is 5.89. The van der Waals surface area contributed by atoms with Gasteiger partial charge in [-0.05, 0) is 42.9 Å². The molecule has 1 heterocycles. The lowest BCUT2D eigenvalue weighted by molar-refractivity contribution is -0.150. The molecule has 2 unspecified atom stereocenters. The van der Waals surface area contributed by atoms with E-state index >= 15 is 0 Å². The van der Waals surface area contributed by atoms with Gasteiger partial charge in [-0.3, -0.25) is 9.59 Å². The van der Waals surface area contributed by atoms with Crippen molar-refractivity contribution in [2.75, 3.05) is 27.3 Å². The highest BCUT2D eigenvalue weighted by Gasteiger charge is 2.47. The second kappa shape index (κ2) is 7.79. The first kappa shape index (κ1) is 19.5. The molecule has 0 radical (unpaired) electrons. The van der Waals surface area contributed by atoms with Gasteiger partial charge in [0, 0.05) is 13.1 Å². The van der Waals surface area contributed by atoms with E-state index in [0.29, 0.717) is 31.0 Å². The first-order chi connectivity index (χ1) is 12.9. The molecule has 0 bridgehead atoms. The molecule has 1 aliphatic heterocycles. The molecule has 1 aromatic rings. The number of carbonyl (C=O) groups excluding carboxylic acids is 1. The summed E-state index contributed by atoms with van der Waals surface area (Å²) in [4.78, 5) is 26.9. The zero-order valence-electron chi connectivity index (χ0n) is 16.4. The van der Waals surface area contributed by atoms with Crippen molar-refractivity contribution >= 4 is 11.9 Å². The fraction of sp³-hybridized carbons (Fsp3) is 0.619. The summed E-state index contributed by atoms with van der Waals surface area (Å²) in [6, 6.07) is 5.76. The number of carboxylic acids is 1. The fourth-order valence-corrected chi connectivity index (χ4v) is 4.74. The largest absolute Gasteiger partial charge is 0.493 e. The number of nitrogens with zero attached hydrogens (tertiary/aromatic N) is 1. The number of amides is 1. The number of aliphatic carboxylic acids is 1. The van der Waals surface area contributed by atoms with Crippen LogP contribution in [0.3, 0.4) is 0 Å². The van der Waals surface area contributed by atoms with Gasteiger partial charge in [0.25, 0.3) is 0 Å². The molecule has 148 valence electrons. The summed E-state index contributed by atoms with van der Waals surface area (Å²) < 4.78 is 10.8. The number of hydrogen-bond acceptors (Lipinski definition) is 4. The van der Waals surface area contributed by atoms with Crippen molar-refractivity contribution in [1.82, 2.24) is 4.90 Å². The van der Waals surface area contributed by atoms with Crippen LogP contribution in [0.1, 0.15) is 44.6 Å². The van der Waals surface area contributed by atoms with Gasteiger partial charge in [0.1, 0.15) is 0 Å². The first-order valence-electron chi connectivity index (χ1n) is 9.67. The van der Waals surface area contributed by atoms with Gasteiger partial charge in [-0.15, -0.1) is 0 Å². The van der Waals surface area contributed by atoms with Crippen molar-refractivity contribution < 1.29 is 24.2 Å². The van der Waals surface area contributed by atoms with E-state index in [-0.39, 0.29) is 17.7 Å². The number of likely N-dealkylation sites (tertiary alicyclic amines) is 1. The minimum atomic E-state index is -0.759. The number of carbonyl (C=O) groups is 2. The van der Waals surface area contributed by atoms with Crippen molar-refractivity contribution in [3.05, 3.63) is 23.8 Å². The predicted octanol–water partition coefficient (Wildman–Crippen LogP) is 3.08. The summed E-state index contributed by atoms with van der Waals surface area (Å²) in [7, 11) is 3.20. The van der Waals surface area contributed by atoms with Crippen molar-refractivity contribution in [2.45, 2.75) is 44.4 Å². The number of benzene rings is 1. The van der Waals surface area contributed by atoms with Crippen LogP contribution in [0.4, 0.5) is 0 Å². The minimum absolute atomic E-state index is 0.0379. The molecule has 0 aromatic heterocycles. The van der Waals surface area contributed by atoms with Gasteiger partial charge in [0.05, 0.1) is 25.6 Å². The number of methoxy groups -OCH3 is 2. The predicted molar refractivity (Wildman–Crippen MR) is 101 cm³/mol. The maximum absolute atomic E-state index is 13.6. The average molecular weight is 375 g/mol. The van der Waals surface area contributed by atoms with E-state index in [0.717, 1.165) is 31.2 Å². The molecule has 2 fully saturated rings. The Morgan fingerprint density at radius 1 is 1.15 bits per heavy atom. The van der Waals surface area contributed by atoms with E-state index in [1.165, 1.54) is 0 Å². The lowest BCUT2D eigenvalue weighted by atomic mass is 9.76. The highest BCUT2D eigenvalue weighted by atomic mass is 16.5. The summed E-state index contributed by atoms with van der Waals surface area (Å²) in [5, 5.41) is 9.35. The van der Waals surface area contributed by atoms with Gasteiger partial charge in [0.2, 0.25) is 5.91 Å². The van der Waals surface area contributed by atoms with Crippen LogP contribution in [0.25, 0.3) is 0 Å². The van der Waals surface area contributed by atoms with Crippen LogP contribution in [0.2, 0.25) is 0 Å². The van der Waals surface area contributed by atoms with E-state index in [1.807, 2.05) is 30.0 Å². The van der Waals surface area contributed by atoms with Gasteiger partial charge < -0.3 is 19.5 Å². The molecule has 6 heteroatoms. The van der Waals surface area contributed by atoms with Crippen LogP contribution < -0.4 is 9.47 Å². The van der Waals surface area contributed by atoms with E-state index in [4.69, 9.17) is 9.47 Å².